The van der Waals surface area contributed by atoms with E-state index in [2.05, 4.69) is 15.3 Å². The molecule has 3 aromatic carbocycles. The van der Waals surface area contributed by atoms with Gasteiger partial charge < -0.3 is 14.8 Å². The quantitative estimate of drug-likeness (QED) is 0.303. The van der Waals surface area contributed by atoms with Crippen molar-refractivity contribution in [3.05, 3.63) is 90.6 Å². The number of carbonyl (C=O) groups excluding carboxylic acids is 2. The minimum Gasteiger partial charge on any atom is -0.497 e. The highest BCUT2D eigenvalue weighted by molar-refractivity contribution is 7.99. The lowest BCUT2D eigenvalue weighted by Gasteiger charge is -2.18. The number of aromatic nitrogens is 2. The van der Waals surface area contributed by atoms with Gasteiger partial charge >= 0.3 is 5.97 Å². The van der Waals surface area contributed by atoms with Crippen molar-refractivity contribution >= 4 is 40.4 Å². The van der Waals surface area contributed by atoms with Gasteiger partial charge in [-0.3, -0.25) is 14.6 Å². The number of nitrogens with one attached hydrogen (secondary N) is 1. The predicted molar refractivity (Wildman–Crippen MR) is 127 cm³/mol. The van der Waals surface area contributed by atoms with Crippen LogP contribution in [0.3, 0.4) is 0 Å². The van der Waals surface area contributed by atoms with Crippen molar-refractivity contribution in [2.45, 2.75) is 11.1 Å². The first-order valence-electron chi connectivity index (χ1n) is 10.2. The van der Waals surface area contributed by atoms with Gasteiger partial charge in [-0.1, -0.05) is 54.2 Å². The summed E-state index contributed by atoms with van der Waals surface area (Å²) < 4.78 is 10.7. The van der Waals surface area contributed by atoms with Gasteiger partial charge in [-0.05, 0) is 36.4 Å². The number of hydrogen-bond donors (Lipinski definition) is 1. The lowest BCUT2D eigenvalue weighted by molar-refractivity contribution is -0.152. The van der Waals surface area contributed by atoms with Crippen molar-refractivity contribution in [3.63, 3.8) is 0 Å². The van der Waals surface area contributed by atoms with Crippen LogP contribution in [0, 0.1) is 0 Å². The minimum absolute atomic E-state index is 0.00777. The van der Waals surface area contributed by atoms with E-state index in [-0.39, 0.29) is 5.75 Å². The summed E-state index contributed by atoms with van der Waals surface area (Å²) in [5, 5.41) is 3.39. The second-order valence-electron chi connectivity index (χ2n) is 6.98. The maximum absolute atomic E-state index is 13.0. The SMILES string of the molecule is COc1ccc(NC(=O)C(OC(=O)CSc2cnc3ccccc3n2)c2ccccc2)cc1. The summed E-state index contributed by atoms with van der Waals surface area (Å²) in [6, 6.07) is 23.3. The average Bonchev–Trinajstić information content (AvgIpc) is 2.87. The zero-order valence-electron chi connectivity index (χ0n) is 17.8. The van der Waals surface area contributed by atoms with Gasteiger partial charge in [0, 0.05) is 11.3 Å². The number of fused-ring (bicyclic) bond motifs is 1. The highest BCUT2D eigenvalue weighted by atomic mass is 32.2. The van der Waals surface area contributed by atoms with Crippen LogP contribution in [0.25, 0.3) is 11.0 Å². The molecular formula is C25H21N3O4S. The van der Waals surface area contributed by atoms with Crippen LogP contribution in [-0.4, -0.2) is 34.7 Å². The third-order valence-electron chi connectivity index (χ3n) is 4.71. The molecule has 0 saturated carbocycles. The van der Waals surface area contributed by atoms with Crippen LogP contribution >= 0.6 is 11.8 Å². The van der Waals surface area contributed by atoms with E-state index in [1.165, 1.54) is 11.8 Å². The molecule has 7 nitrogen and oxygen atoms in total. The summed E-state index contributed by atoms with van der Waals surface area (Å²) in [6.45, 7) is 0. The molecule has 0 aliphatic heterocycles. The van der Waals surface area contributed by atoms with E-state index in [1.807, 2.05) is 30.3 Å². The fourth-order valence-electron chi connectivity index (χ4n) is 3.09. The Balaban J connectivity index is 1.43. The number of hydrogen-bond acceptors (Lipinski definition) is 7. The number of para-hydroxylation sites is 2. The number of rotatable bonds is 8. The van der Waals surface area contributed by atoms with Gasteiger partial charge in [-0.25, -0.2) is 4.98 Å². The number of ether oxygens (including phenoxy) is 2. The monoisotopic (exact) mass is 459 g/mol. The van der Waals surface area contributed by atoms with Gasteiger partial charge in [0.2, 0.25) is 6.10 Å². The molecule has 0 aliphatic carbocycles. The fraction of sp³-hybridized carbons (Fsp3) is 0.120. The molecular weight excluding hydrogens is 438 g/mol. The molecule has 33 heavy (non-hydrogen) atoms. The Morgan fingerprint density at radius 2 is 1.64 bits per heavy atom. The molecule has 4 aromatic rings. The highest BCUT2D eigenvalue weighted by Crippen LogP contribution is 2.24. The zero-order valence-corrected chi connectivity index (χ0v) is 18.6. The van der Waals surface area contributed by atoms with Gasteiger partial charge in [0.1, 0.15) is 10.8 Å². The van der Waals surface area contributed by atoms with E-state index in [0.717, 1.165) is 11.0 Å². The molecule has 1 unspecified atom stereocenters. The number of methoxy groups -OCH3 is 1. The summed E-state index contributed by atoms with van der Waals surface area (Å²) >= 11 is 1.21. The van der Waals surface area contributed by atoms with E-state index >= 15 is 0 Å². The maximum Gasteiger partial charge on any atom is 0.317 e. The molecule has 1 amide bonds. The molecule has 1 atom stereocenters. The molecule has 0 bridgehead atoms. The van der Waals surface area contributed by atoms with Crippen LogP contribution in [-0.2, 0) is 14.3 Å². The molecule has 0 spiro atoms. The third kappa shape index (κ3) is 5.87. The molecule has 0 saturated heterocycles. The number of anilines is 1. The number of carbonyl (C=O) groups is 2. The molecule has 166 valence electrons. The van der Waals surface area contributed by atoms with E-state index in [0.29, 0.717) is 22.0 Å². The summed E-state index contributed by atoms with van der Waals surface area (Å²) in [7, 11) is 1.57. The largest absolute Gasteiger partial charge is 0.497 e. The number of esters is 1. The molecule has 0 radical (unpaired) electrons. The van der Waals surface area contributed by atoms with Crippen molar-refractivity contribution < 1.29 is 19.1 Å². The van der Waals surface area contributed by atoms with Crippen molar-refractivity contribution in [1.82, 2.24) is 9.97 Å². The molecule has 4 rings (SSSR count). The van der Waals surface area contributed by atoms with E-state index in [4.69, 9.17) is 9.47 Å². The van der Waals surface area contributed by atoms with Gasteiger partial charge in [0.05, 0.1) is 30.1 Å². The standard InChI is InChI=1S/C25H21N3O4S/c1-31-19-13-11-18(12-14-19)27-25(30)24(17-7-3-2-4-8-17)32-23(29)16-33-22-15-26-20-9-5-6-10-21(20)28-22/h2-15,24H,16H2,1H3,(H,27,30). The molecule has 8 heteroatoms. The molecule has 1 N–H and O–H groups in total. The van der Waals surface area contributed by atoms with E-state index in [9.17, 15) is 9.59 Å². The average molecular weight is 460 g/mol. The first-order chi connectivity index (χ1) is 16.1. The Morgan fingerprint density at radius 1 is 0.939 bits per heavy atom. The molecule has 1 heterocycles. The Hall–Kier alpha value is -3.91. The molecule has 0 aliphatic rings. The van der Waals surface area contributed by atoms with Crippen LogP contribution < -0.4 is 10.1 Å². The van der Waals surface area contributed by atoms with Crippen LogP contribution in [0.15, 0.2) is 90.1 Å². The summed E-state index contributed by atoms with van der Waals surface area (Å²) in [5.74, 6) is -0.316. The highest BCUT2D eigenvalue weighted by Gasteiger charge is 2.25. The number of nitrogens with zero attached hydrogens (tertiary/aromatic N) is 2. The van der Waals surface area contributed by atoms with Crippen molar-refractivity contribution in [3.8, 4) is 5.75 Å². The lowest BCUT2D eigenvalue weighted by Crippen LogP contribution is -2.26. The van der Waals surface area contributed by atoms with Gasteiger partial charge in [-0.2, -0.15) is 0 Å². The van der Waals surface area contributed by atoms with Gasteiger partial charge in [0.25, 0.3) is 5.91 Å². The first kappa shape index (κ1) is 22.3. The topological polar surface area (TPSA) is 90.4 Å². The predicted octanol–water partition coefficient (Wildman–Crippen LogP) is 4.65. The van der Waals surface area contributed by atoms with Crippen LogP contribution in [0.4, 0.5) is 5.69 Å². The van der Waals surface area contributed by atoms with E-state index in [1.54, 1.807) is 61.8 Å². The molecule has 1 aromatic heterocycles. The van der Waals surface area contributed by atoms with Gasteiger partial charge in [0.15, 0.2) is 0 Å². The van der Waals surface area contributed by atoms with E-state index < -0.39 is 18.0 Å². The normalized spacial score (nSPS) is 11.5. The van der Waals surface area contributed by atoms with Crippen LogP contribution in [0.5, 0.6) is 5.75 Å². The fourth-order valence-corrected chi connectivity index (χ4v) is 3.71. The van der Waals surface area contributed by atoms with Crippen molar-refractivity contribution in [1.29, 1.82) is 0 Å². The Bertz CT molecular complexity index is 1250. The second kappa shape index (κ2) is 10.6. The summed E-state index contributed by atoms with van der Waals surface area (Å²) in [6.07, 6.45) is 0.523. The third-order valence-corrected chi connectivity index (χ3v) is 5.58. The Morgan fingerprint density at radius 3 is 2.36 bits per heavy atom. The van der Waals surface area contributed by atoms with Crippen molar-refractivity contribution in [2.24, 2.45) is 0 Å². The Kier molecular flexibility index (Phi) is 7.16. The molecule has 0 fully saturated rings. The van der Waals surface area contributed by atoms with Crippen molar-refractivity contribution in [2.75, 3.05) is 18.2 Å². The van der Waals surface area contributed by atoms with Gasteiger partial charge in [-0.15, -0.1) is 0 Å². The number of amides is 1. The smallest absolute Gasteiger partial charge is 0.317 e. The first-order valence-corrected chi connectivity index (χ1v) is 11.1. The zero-order chi connectivity index (χ0) is 23.0. The summed E-state index contributed by atoms with van der Waals surface area (Å²) in [4.78, 5) is 34.4. The number of thioether (sulfide) groups is 1. The maximum atomic E-state index is 13.0. The Labute approximate surface area is 195 Å². The second-order valence-corrected chi connectivity index (χ2v) is 7.98. The lowest BCUT2D eigenvalue weighted by atomic mass is 10.1. The van der Waals surface area contributed by atoms with Crippen LogP contribution in [0.1, 0.15) is 11.7 Å². The summed E-state index contributed by atoms with van der Waals surface area (Å²) in [5.41, 5.74) is 2.67. The van der Waals surface area contributed by atoms with Crippen LogP contribution in [0.2, 0.25) is 0 Å². The number of benzene rings is 3. The minimum atomic E-state index is -1.09.